The number of nitrogen functional groups attached to an aromatic ring is 1. The van der Waals surface area contributed by atoms with Crippen LogP contribution in [0.3, 0.4) is 0 Å². The number of benzene rings is 1. The molecule has 134 valence electrons. The molecule has 3 N–H and O–H groups in total. The summed E-state index contributed by atoms with van der Waals surface area (Å²) in [5.74, 6) is 1.87. The average Bonchev–Trinajstić information content (AvgIpc) is 2.71. The van der Waals surface area contributed by atoms with E-state index in [-0.39, 0.29) is 5.82 Å². The van der Waals surface area contributed by atoms with E-state index in [2.05, 4.69) is 35.2 Å². The Hall–Kier alpha value is -3.88. The first-order valence-electron chi connectivity index (χ1n) is 8.28. The Morgan fingerprint density at radius 1 is 0.852 bits per heavy atom. The van der Waals surface area contributed by atoms with Gasteiger partial charge in [-0.05, 0) is 24.1 Å². The average molecular weight is 360 g/mol. The Balaban J connectivity index is 1.37. The van der Waals surface area contributed by atoms with Gasteiger partial charge in [0.05, 0.1) is 0 Å². The first-order valence-corrected chi connectivity index (χ1v) is 8.28. The molecule has 0 saturated carbocycles. The molecule has 0 aliphatic carbocycles. The van der Waals surface area contributed by atoms with Crippen LogP contribution in [0.25, 0.3) is 11.2 Å². The SMILES string of the molecule is Nc1nccnc1Oc1ccc(CCNc2ncnc3nccnc23)cc1. The molecule has 9 heteroatoms. The number of nitrogens with one attached hydrogen (secondary N) is 1. The third-order valence-electron chi connectivity index (χ3n) is 3.81. The molecular weight excluding hydrogens is 344 g/mol. The molecule has 0 radical (unpaired) electrons. The molecule has 3 heterocycles. The van der Waals surface area contributed by atoms with Crippen LogP contribution in [0.4, 0.5) is 11.6 Å². The van der Waals surface area contributed by atoms with Crippen molar-refractivity contribution in [2.45, 2.75) is 6.42 Å². The van der Waals surface area contributed by atoms with E-state index in [0.717, 1.165) is 12.0 Å². The van der Waals surface area contributed by atoms with E-state index in [4.69, 9.17) is 10.5 Å². The van der Waals surface area contributed by atoms with E-state index >= 15 is 0 Å². The molecule has 4 aromatic rings. The number of nitrogens with zero attached hydrogens (tertiary/aromatic N) is 6. The van der Waals surface area contributed by atoms with Gasteiger partial charge < -0.3 is 15.8 Å². The zero-order valence-electron chi connectivity index (χ0n) is 14.3. The van der Waals surface area contributed by atoms with Gasteiger partial charge in [-0.3, -0.25) is 0 Å². The molecule has 0 atom stereocenters. The molecule has 0 unspecified atom stereocenters. The van der Waals surface area contributed by atoms with E-state index in [0.29, 0.717) is 35.2 Å². The van der Waals surface area contributed by atoms with Gasteiger partial charge in [-0.2, -0.15) is 0 Å². The van der Waals surface area contributed by atoms with Crippen molar-refractivity contribution in [2.75, 3.05) is 17.6 Å². The zero-order chi connectivity index (χ0) is 18.5. The van der Waals surface area contributed by atoms with Crippen LogP contribution in [0.1, 0.15) is 5.56 Å². The zero-order valence-corrected chi connectivity index (χ0v) is 14.3. The molecule has 0 fully saturated rings. The predicted molar refractivity (Wildman–Crippen MR) is 100 cm³/mol. The lowest BCUT2D eigenvalue weighted by molar-refractivity contribution is 0.463. The second kappa shape index (κ2) is 7.56. The van der Waals surface area contributed by atoms with Gasteiger partial charge in [-0.25, -0.2) is 29.9 Å². The number of ether oxygens (including phenoxy) is 1. The van der Waals surface area contributed by atoms with E-state index in [1.54, 1.807) is 12.4 Å². The highest BCUT2D eigenvalue weighted by atomic mass is 16.5. The van der Waals surface area contributed by atoms with Gasteiger partial charge >= 0.3 is 0 Å². The molecule has 1 aromatic carbocycles. The monoisotopic (exact) mass is 360 g/mol. The normalized spacial score (nSPS) is 10.7. The molecule has 27 heavy (non-hydrogen) atoms. The molecule has 0 bridgehead atoms. The van der Waals surface area contributed by atoms with Gasteiger partial charge in [-0.15, -0.1) is 0 Å². The minimum atomic E-state index is 0.256. The Morgan fingerprint density at radius 3 is 2.48 bits per heavy atom. The van der Waals surface area contributed by atoms with Gasteiger partial charge in [0.25, 0.3) is 5.88 Å². The molecular formula is C18H16N8O. The van der Waals surface area contributed by atoms with E-state index in [1.807, 2.05) is 24.3 Å². The van der Waals surface area contributed by atoms with E-state index < -0.39 is 0 Å². The lowest BCUT2D eigenvalue weighted by Gasteiger charge is -2.09. The maximum absolute atomic E-state index is 5.73. The maximum atomic E-state index is 5.73. The smallest absolute Gasteiger partial charge is 0.262 e. The number of nitrogens with two attached hydrogens (primary N) is 1. The first-order chi connectivity index (χ1) is 13.3. The number of anilines is 2. The quantitative estimate of drug-likeness (QED) is 0.532. The summed E-state index contributed by atoms with van der Waals surface area (Å²) in [5, 5.41) is 3.28. The number of aromatic nitrogens is 6. The van der Waals surface area contributed by atoms with Gasteiger partial charge in [0.2, 0.25) is 0 Å². The highest BCUT2D eigenvalue weighted by Crippen LogP contribution is 2.23. The predicted octanol–water partition coefficient (Wildman–Crippen LogP) is 2.24. The summed E-state index contributed by atoms with van der Waals surface area (Å²) >= 11 is 0. The van der Waals surface area contributed by atoms with Crippen molar-refractivity contribution in [3.63, 3.8) is 0 Å². The molecule has 9 nitrogen and oxygen atoms in total. The van der Waals surface area contributed by atoms with Crippen molar-refractivity contribution < 1.29 is 4.74 Å². The van der Waals surface area contributed by atoms with Gasteiger partial charge in [0.1, 0.15) is 17.6 Å². The van der Waals surface area contributed by atoms with Crippen LogP contribution < -0.4 is 15.8 Å². The van der Waals surface area contributed by atoms with Gasteiger partial charge in [0.15, 0.2) is 17.3 Å². The second-order valence-corrected chi connectivity index (χ2v) is 5.62. The van der Waals surface area contributed by atoms with Crippen LogP contribution >= 0.6 is 0 Å². The fraction of sp³-hybridized carbons (Fsp3) is 0.111. The van der Waals surface area contributed by atoms with Gasteiger partial charge in [0, 0.05) is 31.3 Å². The number of hydrogen-bond acceptors (Lipinski definition) is 9. The summed E-state index contributed by atoms with van der Waals surface area (Å²) < 4.78 is 5.64. The summed E-state index contributed by atoms with van der Waals surface area (Å²) in [6, 6.07) is 7.72. The van der Waals surface area contributed by atoms with Crippen LogP contribution in [-0.4, -0.2) is 36.4 Å². The molecule has 0 saturated heterocycles. The van der Waals surface area contributed by atoms with Crippen LogP contribution in [0.15, 0.2) is 55.4 Å². The Kier molecular flexibility index (Phi) is 4.64. The van der Waals surface area contributed by atoms with Crippen molar-refractivity contribution in [2.24, 2.45) is 0 Å². The van der Waals surface area contributed by atoms with Crippen LogP contribution in [0, 0.1) is 0 Å². The molecule has 0 amide bonds. The van der Waals surface area contributed by atoms with Crippen molar-refractivity contribution in [1.82, 2.24) is 29.9 Å². The lowest BCUT2D eigenvalue weighted by atomic mass is 10.1. The van der Waals surface area contributed by atoms with Crippen LogP contribution in [0.5, 0.6) is 11.6 Å². The van der Waals surface area contributed by atoms with Crippen molar-refractivity contribution in [3.05, 3.63) is 60.9 Å². The largest absolute Gasteiger partial charge is 0.436 e. The molecule has 4 rings (SSSR count). The van der Waals surface area contributed by atoms with Crippen molar-refractivity contribution in [1.29, 1.82) is 0 Å². The topological polar surface area (TPSA) is 125 Å². The molecule has 3 aromatic heterocycles. The highest BCUT2D eigenvalue weighted by molar-refractivity contribution is 5.81. The summed E-state index contributed by atoms with van der Waals surface area (Å²) in [7, 11) is 0. The molecule has 0 aliphatic rings. The summed E-state index contributed by atoms with van der Waals surface area (Å²) in [4.78, 5) is 24.8. The van der Waals surface area contributed by atoms with Crippen LogP contribution in [-0.2, 0) is 6.42 Å². The second-order valence-electron chi connectivity index (χ2n) is 5.62. The first kappa shape index (κ1) is 16.6. The highest BCUT2D eigenvalue weighted by Gasteiger charge is 2.06. The maximum Gasteiger partial charge on any atom is 0.262 e. The molecule has 0 aliphatic heterocycles. The van der Waals surface area contributed by atoms with Gasteiger partial charge in [-0.1, -0.05) is 12.1 Å². The lowest BCUT2D eigenvalue weighted by Crippen LogP contribution is -2.08. The number of fused-ring (bicyclic) bond motifs is 1. The molecule has 0 spiro atoms. The summed E-state index contributed by atoms with van der Waals surface area (Å²) in [6.07, 6.45) is 8.57. The number of rotatable bonds is 6. The van der Waals surface area contributed by atoms with Crippen molar-refractivity contribution >= 4 is 22.8 Å². The van der Waals surface area contributed by atoms with Crippen molar-refractivity contribution in [3.8, 4) is 11.6 Å². The minimum Gasteiger partial charge on any atom is -0.436 e. The summed E-state index contributed by atoms with van der Waals surface area (Å²) in [5.41, 5.74) is 8.10. The Bertz CT molecular complexity index is 1050. The Morgan fingerprint density at radius 2 is 1.63 bits per heavy atom. The number of hydrogen-bond donors (Lipinski definition) is 2. The fourth-order valence-electron chi connectivity index (χ4n) is 2.50. The summed E-state index contributed by atoms with van der Waals surface area (Å²) in [6.45, 7) is 0.694. The third-order valence-corrected chi connectivity index (χ3v) is 3.81. The third kappa shape index (κ3) is 3.87. The van der Waals surface area contributed by atoms with Crippen LogP contribution in [0.2, 0.25) is 0 Å². The fourth-order valence-corrected chi connectivity index (χ4v) is 2.50. The van der Waals surface area contributed by atoms with E-state index in [9.17, 15) is 0 Å². The van der Waals surface area contributed by atoms with E-state index in [1.165, 1.54) is 18.7 Å². The standard InChI is InChI=1S/C18H16N8O/c19-15-18(24-10-8-21-15)27-13-3-1-12(2-4-13)5-6-22-16-14-17(26-11-25-16)23-9-7-20-14/h1-4,7-11H,5-6H2,(H2,19,21)(H,22,23,25,26). The Labute approximate surface area is 154 Å². The minimum absolute atomic E-state index is 0.256.